The van der Waals surface area contributed by atoms with Crippen LogP contribution >= 0.6 is 0 Å². The number of nitrogens with zero attached hydrogens (tertiary/aromatic N) is 2. The molecule has 4 heteroatoms. The lowest BCUT2D eigenvalue weighted by Crippen LogP contribution is -2.32. The Bertz CT molecular complexity index is 316. The maximum Gasteiger partial charge on any atom is 0.129 e. The molecule has 0 spiro atoms. The number of aromatic nitrogens is 2. The number of hydrogen-bond donors (Lipinski definition) is 2. The third-order valence-corrected chi connectivity index (χ3v) is 3.26. The van der Waals surface area contributed by atoms with Gasteiger partial charge in [-0.3, -0.25) is 0 Å². The van der Waals surface area contributed by atoms with Crippen LogP contribution in [0.25, 0.3) is 0 Å². The first-order chi connectivity index (χ1) is 7.65. The molecule has 0 atom stereocenters. The lowest BCUT2D eigenvalue weighted by atomic mass is 9.83. The van der Waals surface area contributed by atoms with Crippen molar-refractivity contribution in [1.29, 1.82) is 0 Å². The van der Waals surface area contributed by atoms with Crippen molar-refractivity contribution in [2.75, 3.05) is 18.5 Å². The number of anilines is 1. The van der Waals surface area contributed by atoms with E-state index < -0.39 is 0 Å². The predicted octanol–water partition coefficient (Wildman–Crippen LogP) is 2.00. The average Bonchev–Trinajstić information content (AvgIpc) is 2.32. The van der Waals surface area contributed by atoms with Gasteiger partial charge >= 0.3 is 0 Å². The van der Waals surface area contributed by atoms with E-state index in [9.17, 15) is 5.11 Å². The summed E-state index contributed by atoms with van der Waals surface area (Å²) >= 11 is 0. The van der Waals surface area contributed by atoms with Gasteiger partial charge in [-0.2, -0.15) is 0 Å². The Morgan fingerprint density at radius 1 is 1.38 bits per heavy atom. The van der Waals surface area contributed by atoms with Crippen LogP contribution in [0.5, 0.6) is 0 Å². The summed E-state index contributed by atoms with van der Waals surface area (Å²) in [6, 6.07) is 1.85. The Morgan fingerprint density at radius 2 is 2.06 bits per heavy atom. The molecule has 2 N–H and O–H groups in total. The minimum absolute atomic E-state index is 0.0428. The van der Waals surface area contributed by atoms with Gasteiger partial charge in [0.2, 0.25) is 0 Å². The fourth-order valence-electron chi connectivity index (χ4n) is 1.61. The third-order valence-electron chi connectivity index (χ3n) is 3.26. The van der Waals surface area contributed by atoms with Crippen molar-refractivity contribution in [2.24, 2.45) is 5.41 Å². The Kier molecular flexibility index (Phi) is 4.68. The smallest absolute Gasteiger partial charge is 0.129 e. The normalized spacial score (nSPS) is 11.5. The Hall–Kier alpha value is -1.16. The molecular formula is C12H21N3O. The Morgan fingerprint density at radius 3 is 2.56 bits per heavy atom. The molecule has 1 aromatic rings. The highest BCUT2D eigenvalue weighted by atomic mass is 16.3. The number of aryl methyl sites for hydroxylation is 1. The van der Waals surface area contributed by atoms with E-state index in [-0.39, 0.29) is 12.0 Å². The molecule has 0 aliphatic heterocycles. The summed E-state index contributed by atoms with van der Waals surface area (Å²) in [6.07, 6.45) is 3.65. The van der Waals surface area contributed by atoms with Crippen molar-refractivity contribution in [3.8, 4) is 0 Å². The van der Waals surface area contributed by atoms with E-state index in [0.29, 0.717) is 0 Å². The third kappa shape index (κ3) is 3.17. The molecule has 0 fully saturated rings. The fraction of sp³-hybridized carbons (Fsp3) is 0.667. The standard InChI is InChI=1S/C12H21N3O/c1-4-12(5-2,9-16)8-14-11-6-7-13-10(3)15-11/h6-7,16H,4-5,8-9H2,1-3H3,(H,13,14,15). The maximum absolute atomic E-state index is 9.44. The lowest BCUT2D eigenvalue weighted by Gasteiger charge is -2.29. The van der Waals surface area contributed by atoms with Crippen molar-refractivity contribution in [1.82, 2.24) is 9.97 Å². The van der Waals surface area contributed by atoms with Gasteiger partial charge in [0.15, 0.2) is 0 Å². The molecule has 16 heavy (non-hydrogen) atoms. The second-order valence-corrected chi connectivity index (χ2v) is 4.21. The van der Waals surface area contributed by atoms with Crippen LogP contribution in [0.4, 0.5) is 5.82 Å². The Labute approximate surface area is 97.1 Å². The van der Waals surface area contributed by atoms with E-state index in [2.05, 4.69) is 29.1 Å². The summed E-state index contributed by atoms with van der Waals surface area (Å²) in [5.74, 6) is 1.58. The van der Waals surface area contributed by atoms with E-state index in [4.69, 9.17) is 0 Å². The second kappa shape index (κ2) is 5.80. The SMILES string of the molecule is CCC(CC)(CO)CNc1ccnc(C)n1. The number of aliphatic hydroxyl groups excluding tert-OH is 1. The largest absolute Gasteiger partial charge is 0.396 e. The number of rotatable bonds is 6. The van der Waals surface area contributed by atoms with Crippen LogP contribution in [0.15, 0.2) is 12.3 Å². The fourth-order valence-corrected chi connectivity index (χ4v) is 1.61. The van der Waals surface area contributed by atoms with Crippen LogP contribution < -0.4 is 5.32 Å². The quantitative estimate of drug-likeness (QED) is 0.774. The van der Waals surface area contributed by atoms with Gasteiger partial charge < -0.3 is 10.4 Å². The van der Waals surface area contributed by atoms with Gasteiger partial charge in [-0.1, -0.05) is 13.8 Å². The number of hydrogen-bond acceptors (Lipinski definition) is 4. The molecule has 0 saturated heterocycles. The first kappa shape index (κ1) is 12.9. The van der Waals surface area contributed by atoms with Gasteiger partial charge in [0, 0.05) is 18.2 Å². The molecule has 0 aliphatic rings. The van der Waals surface area contributed by atoms with E-state index in [1.54, 1.807) is 6.20 Å². The van der Waals surface area contributed by atoms with Gasteiger partial charge in [0.05, 0.1) is 6.61 Å². The highest BCUT2D eigenvalue weighted by Crippen LogP contribution is 2.25. The molecule has 0 bridgehead atoms. The van der Waals surface area contributed by atoms with Crippen molar-refractivity contribution in [2.45, 2.75) is 33.6 Å². The summed E-state index contributed by atoms with van der Waals surface area (Å²) in [5.41, 5.74) is -0.0428. The highest BCUT2D eigenvalue weighted by molar-refractivity contribution is 5.33. The second-order valence-electron chi connectivity index (χ2n) is 4.21. The number of aliphatic hydroxyl groups is 1. The van der Waals surface area contributed by atoms with Gasteiger partial charge in [-0.15, -0.1) is 0 Å². The van der Waals surface area contributed by atoms with Gasteiger partial charge in [0.1, 0.15) is 11.6 Å². The molecule has 1 rings (SSSR count). The molecule has 4 nitrogen and oxygen atoms in total. The molecule has 0 aromatic carbocycles. The molecule has 90 valence electrons. The summed E-state index contributed by atoms with van der Waals surface area (Å²) < 4.78 is 0. The molecule has 0 aliphatic carbocycles. The molecule has 1 aromatic heterocycles. The van der Waals surface area contributed by atoms with Gasteiger partial charge in [-0.05, 0) is 25.8 Å². The van der Waals surface area contributed by atoms with Gasteiger partial charge in [-0.25, -0.2) is 9.97 Å². The molecule has 1 heterocycles. The minimum atomic E-state index is -0.0428. The monoisotopic (exact) mass is 223 g/mol. The molecule has 0 radical (unpaired) electrons. The maximum atomic E-state index is 9.44. The average molecular weight is 223 g/mol. The van der Waals surface area contributed by atoms with Crippen LogP contribution in [0.1, 0.15) is 32.5 Å². The van der Waals surface area contributed by atoms with Crippen molar-refractivity contribution in [3.05, 3.63) is 18.1 Å². The first-order valence-corrected chi connectivity index (χ1v) is 5.80. The predicted molar refractivity (Wildman–Crippen MR) is 65.4 cm³/mol. The zero-order valence-electron chi connectivity index (χ0n) is 10.3. The number of nitrogens with one attached hydrogen (secondary N) is 1. The van der Waals surface area contributed by atoms with E-state index in [1.165, 1.54) is 0 Å². The van der Waals surface area contributed by atoms with E-state index >= 15 is 0 Å². The van der Waals surface area contributed by atoms with E-state index in [0.717, 1.165) is 31.0 Å². The summed E-state index contributed by atoms with van der Waals surface area (Å²) in [7, 11) is 0. The summed E-state index contributed by atoms with van der Waals surface area (Å²) in [4.78, 5) is 8.32. The van der Waals surface area contributed by atoms with Crippen LogP contribution in [0.2, 0.25) is 0 Å². The zero-order valence-corrected chi connectivity index (χ0v) is 10.3. The summed E-state index contributed by atoms with van der Waals surface area (Å²) in [6.45, 7) is 7.02. The van der Waals surface area contributed by atoms with Crippen LogP contribution in [-0.4, -0.2) is 28.2 Å². The lowest BCUT2D eigenvalue weighted by molar-refractivity contribution is 0.127. The van der Waals surface area contributed by atoms with Crippen molar-refractivity contribution < 1.29 is 5.11 Å². The zero-order chi connectivity index (χ0) is 12.0. The van der Waals surface area contributed by atoms with Crippen LogP contribution in [0, 0.1) is 12.3 Å². The van der Waals surface area contributed by atoms with Crippen molar-refractivity contribution >= 4 is 5.82 Å². The molecule has 0 unspecified atom stereocenters. The van der Waals surface area contributed by atoms with Gasteiger partial charge in [0.25, 0.3) is 0 Å². The minimum Gasteiger partial charge on any atom is -0.396 e. The van der Waals surface area contributed by atoms with E-state index in [1.807, 2.05) is 13.0 Å². The molecule has 0 saturated carbocycles. The Balaban J connectivity index is 2.62. The highest BCUT2D eigenvalue weighted by Gasteiger charge is 2.24. The topological polar surface area (TPSA) is 58.0 Å². The first-order valence-electron chi connectivity index (χ1n) is 5.80. The molecule has 0 amide bonds. The van der Waals surface area contributed by atoms with Crippen LogP contribution in [0.3, 0.4) is 0 Å². The van der Waals surface area contributed by atoms with Crippen LogP contribution in [-0.2, 0) is 0 Å². The molecular weight excluding hydrogens is 202 g/mol. The van der Waals surface area contributed by atoms with Crippen molar-refractivity contribution in [3.63, 3.8) is 0 Å². The summed E-state index contributed by atoms with van der Waals surface area (Å²) in [5, 5.41) is 12.7.